The van der Waals surface area contributed by atoms with E-state index in [1.54, 1.807) is 6.07 Å². The maximum Gasteiger partial charge on any atom is 0.456 e. The molecule has 96 valence electrons. The lowest BCUT2D eigenvalue weighted by Gasteiger charge is -2.15. The quantitative estimate of drug-likeness (QED) is 0.331. The van der Waals surface area contributed by atoms with Crippen LogP contribution in [0.5, 0.6) is 5.75 Å². The van der Waals surface area contributed by atoms with Gasteiger partial charge in [-0.05, 0) is 12.1 Å². The van der Waals surface area contributed by atoms with Crippen molar-refractivity contribution in [2.75, 3.05) is 0 Å². The average molecular weight is 287 g/mol. The minimum Gasteiger partial charge on any atom is -0.691 e. The molecule has 0 fully saturated rings. The topological polar surface area (TPSA) is 84.9 Å². The summed E-state index contributed by atoms with van der Waals surface area (Å²) in [6.45, 7) is 0. The Hall–Kier alpha value is -0.940. The molecule has 0 unspecified atom stereocenters. The third-order valence-corrected chi connectivity index (χ3v) is 3.53. The van der Waals surface area contributed by atoms with Crippen LogP contribution in [0.1, 0.15) is 0 Å². The Bertz CT molecular complexity index is 449. The van der Waals surface area contributed by atoms with E-state index in [2.05, 4.69) is 13.6 Å². The Labute approximate surface area is 99.3 Å². The molecular formula is C7H5F2O6S2-. The van der Waals surface area contributed by atoms with Crippen molar-refractivity contribution in [3.8, 4) is 5.75 Å². The smallest absolute Gasteiger partial charge is 0.456 e. The summed E-state index contributed by atoms with van der Waals surface area (Å²) in [6, 6.07) is 6.67. The molecule has 0 atom stereocenters. The zero-order valence-corrected chi connectivity index (χ0v) is 9.54. The van der Waals surface area contributed by atoms with E-state index >= 15 is 0 Å². The van der Waals surface area contributed by atoms with Gasteiger partial charge in [-0.25, -0.2) is 0 Å². The Morgan fingerprint density at radius 1 is 1.24 bits per heavy atom. The molecule has 0 aliphatic carbocycles. The van der Waals surface area contributed by atoms with Crippen LogP contribution in [0.4, 0.5) is 8.78 Å². The van der Waals surface area contributed by atoms with E-state index in [1.807, 2.05) is 0 Å². The van der Waals surface area contributed by atoms with Gasteiger partial charge in [-0.2, -0.15) is 21.5 Å². The minimum atomic E-state index is -5.30. The second-order valence-corrected chi connectivity index (χ2v) is 5.19. The normalized spacial score (nSPS) is 12.4. The molecule has 6 nitrogen and oxygen atoms in total. The first kappa shape index (κ1) is 14.1. The summed E-state index contributed by atoms with van der Waals surface area (Å²) >= 11 is -0.976. The van der Waals surface area contributed by atoms with Gasteiger partial charge in [-0.3, -0.25) is 5.04 Å². The average Bonchev–Trinajstić information content (AvgIpc) is 2.27. The van der Waals surface area contributed by atoms with Crippen LogP contribution in [-0.2, 0) is 19.5 Å². The molecule has 1 aromatic carbocycles. The monoisotopic (exact) mass is 287 g/mol. The van der Waals surface area contributed by atoms with Gasteiger partial charge in [0.15, 0.2) is 0 Å². The molecule has 17 heavy (non-hydrogen) atoms. The summed E-state index contributed by atoms with van der Waals surface area (Å²) in [4.78, 5) is 0. The Kier molecular flexibility index (Phi) is 4.65. The lowest BCUT2D eigenvalue weighted by molar-refractivity contribution is -0.777. The van der Waals surface area contributed by atoms with E-state index in [0.29, 0.717) is 0 Å². The first-order valence-electron chi connectivity index (χ1n) is 3.90. The molecule has 0 amide bonds. The molecule has 1 rings (SSSR count). The van der Waals surface area contributed by atoms with Gasteiger partial charge in [0.25, 0.3) is 0 Å². The Morgan fingerprint density at radius 2 is 1.82 bits per heavy atom. The number of benzene rings is 1. The van der Waals surface area contributed by atoms with E-state index in [1.165, 1.54) is 24.3 Å². The molecule has 0 aliphatic heterocycles. The van der Waals surface area contributed by atoms with Gasteiger partial charge >= 0.3 is 14.7 Å². The summed E-state index contributed by atoms with van der Waals surface area (Å²) in [7, 11) is -5.30. The first-order chi connectivity index (χ1) is 7.89. The standard InChI is InChI=1S/C7H6F2O6S2/c8-7(9,16-15-14-10)17(11,12)13-6-4-2-1-3-5-6/h1-5,10H/p-1. The highest BCUT2D eigenvalue weighted by atomic mass is 32.3. The second-order valence-electron chi connectivity index (χ2n) is 2.53. The van der Waals surface area contributed by atoms with Crippen LogP contribution in [-0.4, -0.2) is 13.0 Å². The number of hydrogen-bond donors (Lipinski definition) is 0. The number of rotatable bonds is 6. The highest BCUT2D eigenvalue weighted by Gasteiger charge is 2.50. The molecule has 0 saturated carbocycles. The van der Waals surface area contributed by atoms with E-state index in [0.717, 1.165) is 0 Å². The molecule has 0 heterocycles. The molecule has 0 bridgehead atoms. The van der Waals surface area contributed by atoms with Crippen molar-refractivity contribution < 1.29 is 36.0 Å². The number of para-hydroxylation sites is 1. The van der Waals surface area contributed by atoms with E-state index < -0.39 is 26.7 Å². The van der Waals surface area contributed by atoms with Crippen LogP contribution in [0, 0.1) is 0 Å². The minimum absolute atomic E-state index is 0.296. The molecular weight excluding hydrogens is 282 g/mol. The van der Waals surface area contributed by atoms with Gasteiger partial charge in [0, 0.05) is 0 Å². The third-order valence-electron chi connectivity index (χ3n) is 1.40. The van der Waals surface area contributed by atoms with E-state index in [9.17, 15) is 22.5 Å². The van der Waals surface area contributed by atoms with Crippen LogP contribution < -0.4 is 9.44 Å². The predicted octanol–water partition coefficient (Wildman–Crippen LogP) is 0.817. The molecule has 0 saturated heterocycles. The van der Waals surface area contributed by atoms with Crippen molar-refractivity contribution >= 4 is 22.2 Å². The fourth-order valence-corrected chi connectivity index (χ4v) is 1.83. The number of halogens is 2. The van der Waals surface area contributed by atoms with Crippen LogP contribution in [0.3, 0.4) is 0 Å². The first-order valence-corrected chi connectivity index (χ1v) is 6.05. The highest BCUT2D eigenvalue weighted by molar-refractivity contribution is 8.09. The van der Waals surface area contributed by atoms with Crippen molar-refractivity contribution in [3.05, 3.63) is 30.3 Å². The maximum atomic E-state index is 13.0. The van der Waals surface area contributed by atoms with Gasteiger partial charge in [-0.1, -0.05) is 18.2 Å². The molecule has 0 spiro atoms. The van der Waals surface area contributed by atoms with Crippen LogP contribution in [0.25, 0.3) is 0 Å². The molecule has 0 N–H and O–H groups in total. The zero-order valence-electron chi connectivity index (χ0n) is 7.91. The van der Waals surface area contributed by atoms with Gasteiger partial charge < -0.3 is 9.44 Å². The van der Waals surface area contributed by atoms with Crippen molar-refractivity contribution in [1.82, 2.24) is 0 Å². The van der Waals surface area contributed by atoms with Gasteiger partial charge in [0.1, 0.15) is 17.8 Å². The summed E-state index contributed by atoms with van der Waals surface area (Å²) in [6.07, 6.45) is 0. The lowest BCUT2D eigenvalue weighted by atomic mass is 10.3. The predicted molar refractivity (Wildman–Crippen MR) is 50.7 cm³/mol. The molecule has 0 aromatic heterocycles. The SMILES string of the molecule is O=S(=O)(Oc1ccccc1)C(F)(F)SOO[O-]. The summed E-state index contributed by atoms with van der Waals surface area (Å²) in [5.41, 5.74) is 0. The van der Waals surface area contributed by atoms with Crippen molar-refractivity contribution in [1.29, 1.82) is 0 Å². The fraction of sp³-hybridized carbons (Fsp3) is 0.143. The Balaban J connectivity index is 2.81. The molecule has 1 aromatic rings. The van der Waals surface area contributed by atoms with Gasteiger partial charge in [0.05, 0.1) is 0 Å². The highest BCUT2D eigenvalue weighted by Crippen LogP contribution is 2.36. The number of alkyl halides is 2. The van der Waals surface area contributed by atoms with Gasteiger partial charge in [0.2, 0.25) is 0 Å². The maximum absolute atomic E-state index is 13.0. The zero-order chi connectivity index (χ0) is 12.9. The molecule has 10 heteroatoms. The largest absolute Gasteiger partial charge is 0.691 e. The molecule has 0 aliphatic rings. The second kappa shape index (κ2) is 5.60. The van der Waals surface area contributed by atoms with Crippen LogP contribution in [0.15, 0.2) is 30.3 Å². The summed E-state index contributed by atoms with van der Waals surface area (Å²) in [5, 5.41) is 12.0. The van der Waals surface area contributed by atoms with E-state index in [-0.39, 0.29) is 5.75 Å². The van der Waals surface area contributed by atoms with Gasteiger partial charge in [-0.15, -0.1) is 0 Å². The lowest BCUT2D eigenvalue weighted by Crippen LogP contribution is -2.30. The van der Waals surface area contributed by atoms with Crippen molar-refractivity contribution in [2.45, 2.75) is 4.59 Å². The Morgan fingerprint density at radius 3 is 2.35 bits per heavy atom. The van der Waals surface area contributed by atoms with Crippen LogP contribution in [0.2, 0.25) is 0 Å². The fourth-order valence-electron chi connectivity index (χ4n) is 0.746. The summed E-state index contributed by atoms with van der Waals surface area (Å²) < 4.78 is 51.1. The summed E-state index contributed by atoms with van der Waals surface area (Å²) in [5.74, 6) is -0.296. The number of hydrogen-bond acceptors (Lipinski definition) is 7. The molecule has 0 radical (unpaired) electrons. The van der Waals surface area contributed by atoms with E-state index in [4.69, 9.17) is 0 Å². The van der Waals surface area contributed by atoms with Crippen molar-refractivity contribution in [3.63, 3.8) is 0 Å². The van der Waals surface area contributed by atoms with Crippen LogP contribution >= 0.6 is 12.0 Å². The third kappa shape index (κ3) is 3.78. The van der Waals surface area contributed by atoms with Crippen molar-refractivity contribution in [2.24, 2.45) is 0 Å².